The van der Waals surface area contributed by atoms with Gasteiger partial charge in [-0.2, -0.15) is 0 Å². The minimum absolute atomic E-state index is 0.0380. The van der Waals surface area contributed by atoms with E-state index in [1.54, 1.807) is 18.2 Å². The van der Waals surface area contributed by atoms with Crippen molar-refractivity contribution in [1.82, 2.24) is 4.90 Å². The first kappa shape index (κ1) is 17.4. The molecule has 2 aromatic rings. The van der Waals surface area contributed by atoms with E-state index >= 15 is 0 Å². The fourth-order valence-electron chi connectivity index (χ4n) is 3.15. The van der Waals surface area contributed by atoms with Gasteiger partial charge in [0.15, 0.2) is 0 Å². The summed E-state index contributed by atoms with van der Waals surface area (Å²) in [5.41, 5.74) is 0.403. The Balaban J connectivity index is 1.74. The quantitative estimate of drug-likeness (QED) is 0.639. The molecule has 1 N–H and O–H groups in total. The van der Waals surface area contributed by atoms with Crippen molar-refractivity contribution in [3.05, 3.63) is 46.2 Å². The number of benzene rings is 1. The fraction of sp³-hybridized carbons (Fsp3) is 0.444. The van der Waals surface area contributed by atoms with Crippen molar-refractivity contribution in [2.45, 2.75) is 19.4 Å². The molecule has 1 aliphatic rings. The Morgan fingerprint density at radius 1 is 1.32 bits per heavy atom. The third-order valence-corrected chi connectivity index (χ3v) is 4.67. The molecule has 134 valence electrons. The maximum Gasteiger partial charge on any atom is 0.284 e. The Bertz CT molecular complexity index is 735. The molecule has 0 aliphatic carbocycles. The van der Waals surface area contributed by atoms with Crippen molar-refractivity contribution in [2.75, 3.05) is 26.8 Å². The molecule has 1 aliphatic heterocycles. The van der Waals surface area contributed by atoms with Gasteiger partial charge in [0.25, 0.3) is 5.69 Å². The fourth-order valence-corrected chi connectivity index (χ4v) is 3.15. The minimum atomic E-state index is -0.431. The van der Waals surface area contributed by atoms with Crippen LogP contribution in [0.4, 0.5) is 5.69 Å². The molecule has 1 aromatic carbocycles. The molecule has 7 heteroatoms. The van der Waals surface area contributed by atoms with E-state index in [1.807, 2.05) is 6.07 Å². The highest BCUT2D eigenvalue weighted by atomic mass is 16.6. The van der Waals surface area contributed by atoms with Crippen molar-refractivity contribution in [2.24, 2.45) is 5.92 Å². The summed E-state index contributed by atoms with van der Waals surface area (Å²) in [5.74, 6) is 2.09. The molecular formula is C18H22N2O5. The number of likely N-dealkylation sites (tertiary alicyclic amines) is 1. The molecule has 0 bridgehead atoms. The largest absolute Gasteiger partial charge is 0.497 e. The van der Waals surface area contributed by atoms with Gasteiger partial charge < -0.3 is 14.3 Å². The standard InChI is InChI=1S/C18H22N2O5/c1-24-14-2-4-16(17(10-14)20(22)23)18-5-3-15(25-18)11-19-8-6-13(12-21)7-9-19/h2-5,10,13,21H,6-9,11-12H2,1H3. The van der Waals surface area contributed by atoms with E-state index in [1.165, 1.54) is 13.2 Å². The lowest BCUT2D eigenvalue weighted by molar-refractivity contribution is -0.384. The van der Waals surface area contributed by atoms with Gasteiger partial charge in [-0.05, 0) is 56.1 Å². The Morgan fingerprint density at radius 3 is 2.72 bits per heavy atom. The zero-order valence-corrected chi connectivity index (χ0v) is 14.2. The van der Waals surface area contributed by atoms with Gasteiger partial charge in [0.2, 0.25) is 0 Å². The zero-order valence-electron chi connectivity index (χ0n) is 14.2. The molecule has 1 fully saturated rings. The van der Waals surface area contributed by atoms with Gasteiger partial charge in [-0.3, -0.25) is 15.0 Å². The summed E-state index contributed by atoms with van der Waals surface area (Å²) in [6.45, 7) is 2.76. The molecular weight excluding hydrogens is 324 g/mol. The number of hydrogen-bond acceptors (Lipinski definition) is 6. The smallest absolute Gasteiger partial charge is 0.284 e. The Morgan fingerprint density at radius 2 is 2.08 bits per heavy atom. The molecule has 0 unspecified atom stereocenters. The number of piperidine rings is 1. The number of nitrogens with zero attached hydrogens (tertiary/aromatic N) is 2. The van der Waals surface area contributed by atoms with Gasteiger partial charge in [-0.15, -0.1) is 0 Å². The van der Waals surface area contributed by atoms with Crippen LogP contribution in [0.1, 0.15) is 18.6 Å². The van der Waals surface area contributed by atoms with E-state index in [2.05, 4.69) is 4.90 Å². The van der Waals surface area contributed by atoms with E-state index in [9.17, 15) is 15.2 Å². The van der Waals surface area contributed by atoms with Crippen LogP contribution >= 0.6 is 0 Å². The first-order valence-electron chi connectivity index (χ1n) is 8.35. The SMILES string of the molecule is COc1ccc(-c2ccc(CN3CCC(CO)CC3)o2)c([N+](=O)[O-])c1. The minimum Gasteiger partial charge on any atom is -0.497 e. The third-order valence-electron chi connectivity index (χ3n) is 4.67. The number of methoxy groups -OCH3 is 1. The number of hydrogen-bond donors (Lipinski definition) is 1. The second-order valence-electron chi connectivity index (χ2n) is 6.31. The van der Waals surface area contributed by atoms with E-state index in [4.69, 9.17) is 9.15 Å². The monoisotopic (exact) mass is 346 g/mol. The molecule has 0 spiro atoms. The molecule has 25 heavy (non-hydrogen) atoms. The van der Waals surface area contributed by atoms with Crippen LogP contribution < -0.4 is 4.74 Å². The van der Waals surface area contributed by atoms with Crippen molar-refractivity contribution < 1.29 is 19.2 Å². The van der Waals surface area contributed by atoms with Crippen molar-refractivity contribution in [3.63, 3.8) is 0 Å². The summed E-state index contributed by atoms with van der Waals surface area (Å²) in [7, 11) is 1.48. The summed E-state index contributed by atoms with van der Waals surface area (Å²) in [4.78, 5) is 13.2. The van der Waals surface area contributed by atoms with Crippen LogP contribution in [0.3, 0.4) is 0 Å². The number of nitro groups is 1. The van der Waals surface area contributed by atoms with E-state index in [0.29, 0.717) is 29.5 Å². The number of nitro benzene ring substituents is 1. The molecule has 3 rings (SSSR count). The Labute approximate surface area is 146 Å². The highest BCUT2D eigenvalue weighted by Crippen LogP contribution is 2.34. The molecule has 0 saturated carbocycles. The highest BCUT2D eigenvalue weighted by molar-refractivity contribution is 5.71. The van der Waals surface area contributed by atoms with Gasteiger partial charge in [0.05, 0.1) is 30.2 Å². The van der Waals surface area contributed by atoms with Crippen LogP contribution in [0.25, 0.3) is 11.3 Å². The van der Waals surface area contributed by atoms with E-state index in [-0.39, 0.29) is 12.3 Å². The average Bonchev–Trinajstić information content (AvgIpc) is 3.10. The predicted molar refractivity (Wildman–Crippen MR) is 92.4 cm³/mol. The van der Waals surface area contributed by atoms with Crippen LogP contribution in [0.5, 0.6) is 5.75 Å². The lowest BCUT2D eigenvalue weighted by atomic mass is 9.98. The summed E-state index contributed by atoms with van der Waals surface area (Å²) in [6, 6.07) is 8.36. The topological polar surface area (TPSA) is 89.0 Å². The van der Waals surface area contributed by atoms with Crippen LogP contribution in [-0.2, 0) is 6.54 Å². The van der Waals surface area contributed by atoms with Crippen LogP contribution in [0.2, 0.25) is 0 Å². The molecule has 1 saturated heterocycles. The van der Waals surface area contributed by atoms with Gasteiger partial charge >= 0.3 is 0 Å². The maximum atomic E-state index is 11.3. The zero-order chi connectivity index (χ0) is 17.8. The normalized spacial score (nSPS) is 16.1. The number of ether oxygens (including phenoxy) is 1. The summed E-state index contributed by atoms with van der Waals surface area (Å²) < 4.78 is 10.9. The second-order valence-corrected chi connectivity index (χ2v) is 6.31. The van der Waals surface area contributed by atoms with Gasteiger partial charge in [-0.25, -0.2) is 0 Å². The lowest BCUT2D eigenvalue weighted by Crippen LogP contribution is -2.34. The van der Waals surface area contributed by atoms with Gasteiger partial charge in [-0.1, -0.05) is 0 Å². The molecule has 0 radical (unpaired) electrons. The molecule has 0 atom stereocenters. The maximum absolute atomic E-state index is 11.3. The number of furan rings is 1. The van der Waals surface area contributed by atoms with Crippen molar-refractivity contribution in [1.29, 1.82) is 0 Å². The van der Waals surface area contributed by atoms with Gasteiger partial charge in [0, 0.05) is 6.61 Å². The summed E-state index contributed by atoms with van der Waals surface area (Å²) in [6.07, 6.45) is 1.96. The Kier molecular flexibility index (Phi) is 5.35. The Hall–Kier alpha value is -2.38. The lowest BCUT2D eigenvalue weighted by Gasteiger charge is -2.30. The third kappa shape index (κ3) is 4.00. The van der Waals surface area contributed by atoms with Crippen LogP contribution in [-0.4, -0.2) is 41.7 Å². The predicted octanol–water partition coefficient (Wildman–Crippen LogP) is 3.07. The number of aliphatic hydroxyl groups is 1. The van der Waals surface area contributed by atoms with Gasteiger partial charge in [0.1, 0.15) is 17.3 Å². The summed E-state index contributed by atoms with van der Waals surface area (Å²) >= 11 is 0. The molecule has 1 aromatic heterocycles. The van der Waals surface area contributed by atoms with Crippen LogP contribution in [0.15, 0.2) is 34.7 Å². The highest BCUT2D eigenvalue weighted by Gasteiger charge is 2.22. The van der Waals surface area contributed by atoms with Crippen molar-refractivity contribution in [3.8, 4) is 17.1 Å². The van der Waals surface area contributed by atoms with Crippen molar-refractivity contribution >= 4 is 5.69 Å². The summed E-state index contributed by atoms with van der Waals surface area (Å²) in [5, 5.41) is 20.5. The first-order chi connectivity index (χ1) is 12.1. The molecule has 7 nitrogen and oxygen atoms in total. The first-order valence-corrected chi connectivity index (χ1v) is 8.35. The number of aliphatic hydroxyl groups excluding tert-OH is 1. The molecule has 2 heterocycles. The second kappa shape index (κ2) is 7.67. The number of rotatable bonds is 6. The van der Waals surface area contributed by atoms with E-state index < -0.39 is 4.92 Å². The molecule has 0 amide bonds. The van der Waals surface area contributed by atoms with E-state index in [0.717, 1.165) is 31.7 Å². The van der Waals surface area contributed by atoms with Crippen LogP contribution in [0, 0.1) is 16.0 Å². The average molecular weight is 346 g/mol.